The normalized spacial score (nSPS) is 10.3. The van der Waals surface area contributed by atoms with Crippen LogP contribution in [0.5, 0.6) is 0 Å². The van der Waals surface area contributed by atoms with Gasteiger partial charge in [0.25, 0.3) is 5.91 Å². The Balaban J connectivity index is 2.80. The van der Waals surface area contributed by atoms with Gasteiger partial charge in [0.1, 0.15) is 0 Å². The molecule has 0 heterocycles. The van der Waals surface area contributed by atoms with Crippen LogP contribution in [-0.4, -0.2) is 30.9 Å². The molecular formula is C14H22N2O. The monoisotopic (exact) mass is 234 g/mol. The largest absolute Gasteiger partial charge is 0.342 e. The first-order valence-electron chi connectivity index (χ1n) is 6.24. The summed E-state index contributed by atoms with van der Waals surface area (Å²) in [7, 11) is 1.86. The maximum atomic E-state index is 12.2. The number of hydrogen-bond acceptors (Lipinski definition) is 2. The average molecular weight is 234 g/mol. The van der Waals surface area contributed by atoms with Gasteiger partial charge >= 0.3 is 0 Å². The van der Waals surface area contributed by atoms with E-state index in [4.69, 9.17) is 5.73 Å². The molecule has 3 heteroatoms. The maximum absolute atomic E-state index is 12.2. The van der Waals surface area contributed by atoms with Crippen LogP contribution in [0.4, 0.5) is 0 Å². The quantitative estimate of drug-likeness (QED) is 0.819. The minimum Gasteiger partial charge on any atom is -0.342 e. The van der Waals surface area contributed by atoms with Crippen molar-refractivity contribution in [1.82, 2.24) is 4.90 Å². The van der Waals surface area contributed by atoms with E-state index in [0.717, 1.165) is 36.9 Å². The Kier molecular flexibility index (Phi) is 5.70. The molecule has 0 aliphatic rings. The second-order valence-electron chi connectivity index (χ2n) is 4.28. The van der Waals surface area contributed by atoms with Crippen molar-refractivity contribution in [2.24, 2.45) is 5.73 Å². The molecule has 0 aliphatic carbocycles. The standard InChI is InChI=1S/C14H22N2O/c1-3-4-11-16(2)14(17)13-8-6-5-7-12(13)9-10-15/h5-8H,3-4,9-11,15H2,1-2H3. The Morgan fingerprint density at radius 2 is 2.06 bits per heavy atom. The molecule has 2 N–H and O–H groups in total. The van der Waals surface area contributed by atoms with E-state index in [0.29, 0.717) is 6.54 Å². The third-order valence-electron chi connectivity index (χ3n) is 2.86. The number of benzene rings is 1. The van der Waals surface area contributed by atoms with Crippen molar-refractivity contribution in [3.05, 3.63) is 35.4 Å². The highest BCUT2D eigenvalue weighted by Crippen LogP contribution is 2.12. The summed E-state index contributed by atoms with van der Waals surface area (Å²) in [5, 5.41) is 0. The van der Waals surface area contributed by atoms with Gasteiger partial charge in [-0.15, -0.1) is 0 Å². The maximum Gasteiger partial charge on any atom is 0.253 e. The van der Waals surface area contributed by atoms with Crippen LogP contribution in [0.2, 0.25) is 0 Å². The molecule has 0 atom stereocenters. The highest BCUT2D eigenvalue weighted by Gasteiger charge is 2.14. The molecule has 17 heavy (non-hydrogen) atoms. The summed E-state index contributed by atoms with van der Waals surface area (Å²) in [6.45, 7) is 3.51. The van der Waals surface area contributed by atoms with E-state index in [1.165, 1.54) is 0 Å². The Hall–Kier alpha value is -1.35. The van der Waals surface area contributed by atoms with Gasteiger partial charge < -0.3 is 10.6 Å². The van der Waals surface area contributed by atoms with Crippen molar-refractivity contribution in [2.75, 3.05) is 20.1 Å². The Morgan fingerprint density at radius 1 is 1.35 bits per heavy atom. The lowest BCUT2D eigenvalue weighted by molar-refractivity contribution is 0.0792. The number of nitrogens with two attached hydrogens (primary N) is 1. The van der Waals surface area contributed by atoms with Gasteiger partial charge in [-0.05, 0) is 31.0 Å². The number of rotatable bonds is 6. The summed E-state index contributed by atoms with van der Waals surface area (Å²) >= 11 is 0. The number of carbonyl (C=O) groups excluding carboxylic acids is 1. The van der Waals surface area contributed by atoms with Gasteiger partial charge in [0, 0.05) is 19.2 Å². The number of hydrogen-bond donors (Lipinski definition) is 1. The van der Waals surface area contributed by atoms with Crippen molar-refractivity contribution in [3.63, 3.8) is 0 Å². The van der Waals surface area contributed by atoms with E-state index in [2.05, 4.69) is 6.92 Å². The first-order valence-corrected chi connectivity index (χ1v) is 6.24. The molecule has 0 saturated heterocycles. The molecule has 0 fully saturated rings. The molecule has 0 unspecified atom stereocenters. The van der Waals surface area contributed by atoms with E-state index in [1.54, 1.807) is 4.90 Å². The van der Waals surface area contributed by atoms with Crippen molar-refractivity contribution < 1.29 is 4.79 Å². The van der Waals surface area contributed by atoms with E-state index in [9.17, 15) is 4.79 Å². The molecular weight excluding hydrogens is 212 g/mol. The molecule has 1 aromatic rings. The predicted octanol–water partition coefficient (Wildman–Crippen LogP) is 2.06. The molecule has 0 aliphatic heterocycles. The fraction of sp³-hybridized carbons (Fsp3) is 0.500. The van der Waals surface area contributed by atoms with Gasteiger partial charge in [-0.25, -0.2) is 0 Å². The van der Waals surface area contributed by atoms with Gasteiger partial charge in [0.2, 0.25) is 0 Å². The van der Waals surface area contributed by atoms with Crippen LogP contribution in [0.25, 0.3) is 0 Å². The zero-order valence-corrected chi connectivity index (χ0v) is 10.8. The average Bonchev–Trinajstić information content (AvgIpc) is 2.36. The van der Waals surface area contributed by atoms with Gasteiger partial charge in [0.15, 0.2) is 0 Å². The number of amides is 1. The van der Waals surface area contributed by atoms with Crippen LogP contribution in [0.1, 0.15) is 35.7 Å². The SMILES string of the molecule is CCCCN(C)C(=O)c1ccccc1CCN. The smallest absolute Gasteiger partial charge is 0.253 e. The van der Waals surface area contributed by atoms with Gasteiger partial charge in [-0.2, -0.15) is 0 Å². The van der Waals surface area contributed by atoms with Crippen molar-refractivity contribution >= 4 is 5.91 Å². The molecule has 0 saturated carbocycles. The second kappa shape index (κ2) is 7.07. The van der Waals surface area contributed by atoms with Gasteiger partial charge in [-0.1, -0.05) is 31.5 Å². The lowest BCUT2D eigenvalue weighted by Gasteiger charge is -2.18. The first kappa shape index (κ1) is 13.7. The zero-order valence-electron chi connectivity index (χ0n) is 10.8. The number of unbranched alkanes of at least 4 members (excludes halogenated alkanes) is 1. The summed E-state index contributed by atoms with van der Waals surface area (Å²) < 4.78 is 0. The highest BCUT2D eigenvalue weighted by molar-refractivity contribution is 5.95. The number of carbonyl (C=O) groups is 1. The fourth-order valence-electron chi connectivity index (χ4n) is 1.80. The molecule has 0 radical (unpaired) electrons. The van der Waals surface area contributed by atoms with E-state index < -0.39 is 0 Å². The summed E-state index contributed by atoms with van der Waals surface area (Å²) in [5.41, 5.74) is 7.39. The summed E-state index contributed by atoms with van der Waals surface area (Å²) in [4.78, 5) is 14.0. The van der Waals surface area contributed by atoms with Gasteiger partial charge in [-0.3, -0.25) is 4.79 Å². The van der Waals surface area contributed by atoms with Crippen molar-refractivity contribution in [3.8, 4) is 0 Å². The molecule has 0 spiro atoms. The minimum atomic E-state index is 0.0995. The first-order chi connectivity index (χ1) is 8.20. The lowest BCUT2D eigenvalue weighted by atomic mass is 10.0. The van der Waals surface area contributed by atoms with Crippen molar-refractivity contribution in [1.29, 1.82) is 0 Å². The van der Waals surface area contributed by atoms with Crippen LogP contribution < -0.4 is 5.73 Å². The Labute approximate surface area is 104 Å². The van der Waals surface area contributed by atoms with Crippen LogP contribution in [0.15, 0.2) is 24.3 Å². The van der Waals surface area contributed by atoms with Gasteiger partial charge in [0.05, 0.1) is 0 Å². The van der Waals surface area contributed by atoms with Crippen LogP contribution in [0.3, 0.4) is 0 Å². The Morgan fingerprint density at radius 3 is 2.71 bits per heavy atom. The van der Waals surface area contributed by atoms with E-state index in [1.807, 2.05) is 31.3 Å². The lowest BCUT2D eigenvalue weighted by Crippen LogP contribution is -2.28. The molecule has 1 aromatic carbocycles. The molecule has 1 amide bonds. The van der Waals surface area contributed by atoms with Crippen molar-refractivity contribution in [2.45, 2.75) is 26.2 Å². The zero-order chi connectivity index (χ0) is 12.7. The molecule has 94 valence electrons. The van der Waals surface area contributed by atoms with E-state index in [-0.39, 0.29) is 5.91 Å². The molecule has 1 rings (SSSR count). The highest BCUT2D eigenvalue weighted by atomic mass is 16.2. The summed E-state index contributed by atoms with van der Waals surface area (Å²) in [6.07, 6.45) is 2.90. The molecule has 0 bridgehead atoms. The summed E-state index contributed by atoms with van der Waals surface area (Å²) in [5.74, 6) is 0.0995. The summed E-state index contributed by atoms with van der Waals surface area (Å²) in [6, 6.07) is 7.72. The van der Waals surface area contributed by atoms with Crippen LogP contribution in [0, 0.1) is 0 Å². The minimum absolute atomic E-state index is 0.0995. The Bertz CT molecular complexity index is 363. The topological polar surface area (TPSA) is 46.3 Å². The van der Waals surface area contributed by atoms with Crippen LogP contribution in [-0.2, 0) is 6.42 Å². The third kappa shape index (κ3) is 3.86. The second-order valence-corrected chi connectivity index (χ2v) is 4.28. The predicted molar refractivity (Wildman–Crippen MR) is 71.1 cm³/mol. The molecule has 0 aromatic heterocycles. The number of nitrogens with zero attached hydrogens (tertiary/aromatic N) is 1. The van der Waals surface area contributed by atoms with Crippen LogP contribution >= 0.6 is 0 Å². The van der Waals surface area contributed by atoms with E-state index >= 15 is 0 Å². The third-order valence-corrected chi connectivity index (χ3v) is 2.86. The molecule has 3 nitrogen and oxygen atoms in total. The fourth-order valence-corrected chi connectivity index (χ4v) is 1.80.